The smallest absolute Gasteiger partial charge is 0.254 e. The lowest BCUT2D eigenvalue weighted by Crippen LogP contribution is -2.41. The first-order chi connectivity index (χ1) is 12.2. The van der Waals surface area contributed by atoms with Crippen molar-refractivity contribution in [2.75, 3.05) is 6.54 Å². The second kappa shape index (κ2) is 5.25. The van der Waals surface area contributed by atoms with Gasteiger partial charge < -0.3 is 9.88 Å². The third-order valence-corrected chi connectivity index (χ3v) is 6.13. The number of carbonyl (C=O) groups is 1. The van der Waals surface area contributed by atoms with E-state index in [1.54, 1.807) is 6.20 Å². The van der Waals surface area contributed by atoms with Gasteiger partial charge in [-0.2, -0.15) is 0 Å². The number of amides is 1. The van der Waals surface area contributed by atoms with E-state index in [0.29, 0.717) is 47.7 Å². The highest BCUT2D eigenvalue weighted by Crippen LogP contribution is 2.66. The molecule has 5 rings (SSSR count). The minimum absolute atomic E-state index is 0.111. The average molecular weight is 336 g/mol. The summed E-state index contributed by atoms with van der Waals surface area (Å²) in [5.41, 5.74) is 2.28. The van der Waals surface area contributed by atoms with Crippen LogP contribution in [0.25, 0.3) is 11.5 Å². The normalized spacial score (nSPS) is 23.0. The minimum atomic E-state index is -0.111. The van der Waals surface area contributed by atoms with E-state index < -0.39 is 0 Å². The van der Waals surface area contributed by atoms with Crippen LogP contribution in [0.5, 0.6) is 0 Å². The average Bonchev–Trinajstić information content (AvgIpc) is 3.38. The number of fused-ring (bicyclic) bond motifs is 1. The molecule has 2 aromatic rings. The molecule has 2 aliphatic carbocycles. The Hall–Kier alpha value is -2.50. The van der Waals surface area contributed by atoms with Crippen molar-refractivity contribution in [1.29, 1.82) is 0 Å². The van der Waals surface area contributed by atoms with Crippen LogP contribution in [-0.4, -0.2) is 32.3 Å². The third kappa shape index (κ3) is 2.31. The highest BCUT2D eigenvalue weighted by molar-refractivity contribution is 5.83. The first-order valence-electron chi connectivity index (χ1n) is 8.99. The molecule has 6 nitrogen and oxygen atoms in total. The Morgan fingerprint density at radius 3 is 2.88 bits per heavy atom. The summed E-state index contributed by atoms with van der Waals surface area (Å²) in [7, 11) is 0. The molecule has 1 N–H and O–H groups in total. The minimum Gasteiger partial charge on any atom is -0.336 e. The summed E-state index contributed by atoms with van der Waals surface area (Å²) < 4.78 is 0. The Morgan fingerprint density at radius 1 is 1.32 bits per heavy atom. The molecule has 1 aliphatic heterocycles. The van der Waals surface area contributed by atoms with Gasteiger partial charge in [-0.3, -0.25) is 14.6 Å². The van der Waals surface area contributed by atoms with Gasteiger partial charge >= 0.3 is 0 Å². The number of nitrogens with one attached hydrogen (secondary N) is 1. The maximum absolute atomic E-state index is 12.8. The van der Waals surface area contributed by atoms with Gasteiger partial charge in [0, 0.05) is 24.2 Å². The zero-order valence-electron chi connectivity index (χ0n) is 14.0. The molecule has 0 aromatic carbocycles. The first-order valence-corrected chi connectivity index (χ1v) is 8.99. The number of H-pyrrole nitrogens is 1. The van der Waals surface area contributed by atoms with Crippen LogP contribution < -0.4 is 5.56 Å². The summed E-state index contributed by atoms with van der Waals surface area (Å²) in [5.74, 6) is 0.937. The fourth-order valence-corrected chi connectivity index (χ4v) is 4.35. The molecular weight excluding hydrogens is 316 g/mol. The van der Waals surface area contributed by atoms with Crippen molar-refractivity contribution >= 4 is 5.91 Å². The van der Waals surface area contributed by atoms with Gasteiger partial charge in [0.05, 0.1) is 12.2 Å². The molecule has 1 spiro atoms. The second-order valence-electron chi connectivity index (χ2n) is 7.54. The molecule has 1 amide bonds. The monoisotopic (exact) mass is 336 g/mol. The van der Waals surface area contributed by atoms with Crippen LogP contribution in [0.2, 0.25) is 0 Å². The van der Waals surface area contributed by atoms with Crippen molar-refractivity contribution in [1.82, 2.24) is 19.9 Å². The molecule has 0 bridgehead atoms. The van der Waals surface area contributed by atoms with Crippen LogP contribution in [0, 0.1) is 11.3 Å². The molecule has 2 fully saturated rings. The fraction of sp³-hybridized carbons (Fsp3) is 0.474. The molecule has 0 saturated heterocycles. The van der Waals surface area contributed by atoms with E-state index in [0.717, 1.165) is 6.42 Å². The SMILES string of the molecule is O=C([C@H]1CC12CCC2)N1CCc2c(nc(-c3ccccn3)[nH]c2=O)C1. The number of pyridine rings is 1. The molecular formula is C19H20N4O2. The van der Waals surface area contributed by atoms with Gasteiger partial charge in [0.25, 0.3) is 5.56 Å². The van der Waals surface area contributed by atoms with E-state index in [1.807, 2.05) is 23.1 Å². The van der Waals surface area contributed by atoms with Crippen molar-refractivity contribution in [2.24, 2.45) is 11.3 Å². The van der Waals surface area contributed by atoms with E-state index in [4.69, 9.17) is 0 Å². The molecule has 0 unspecified atom stereocenters. The van der Waals surface area contributed by atoms with E-state index in [2.05, 4.69) is 15.0 Å². The Balaban J connectivity index is 1.42. The van der Waals surface area contributed by atoms with E-state index in [9.17, 15) is 9.59 Å². The number of aromatic nitrogens is 3. The van der Waals surface area contributed by atoms with Crippen LogP contribution in [-0.2, 0) is 17.8 Å². The van der Waals surface area contributed by atoms with Crippen molar-refractivity contribution in [2.45, 2.75) is 38.6 Å². The van der Waals surface area contributed by atoms with E-state index >= 15 is 0 Å². The summed E-state index contributed by atoms with van der Waals surface area (Å²) in [6, 6.07) is 5.51. The molecule has 2 saturated carbocycles. The van der Waals surface area contributed by atoms with Crippen LogP contribution in [0.4, 0.5) is 0 Å². The lowest BCUT2D eigenvalue weighted by Gasteiger charge is -2.31. The lowest BCUT2D eigenvalue weighted by molar-refractivity contribution is -0.135. The second-order valence-corrected chi connectivity index (χ2v) is 7.54. The number of hydrogen-bond acceptors (Lipinski definition) is 4. The number of hydrogen-bond donors (Lipinski definition) is 1. The number of aromatic amines is 1. The summed E-state index contributed by atoms with van der Waals surface area (Å²) in [4.78, 5) is 38.8. The van der Waals surface area contributed by atoms with Crippen LogP contribution in [0.3, 0.4) is 0 Å². The standard InChI is InChI=1S/C19H20N4O2/c24-17-12-5-9-23(18(25)13-10-19(13)6-3-7-19)11-15(12)21-16(22-17)14-4-1-2-8-20-14/h1-2,4,8,13H,3,5-7,9-11H2,(H,21,22,24)/t13-/m1/s1. The van der Waals surface area contributed by atoms with Crippen LogP contribution in [0.15, 0.2) is 29.2 Å². The maximum atomic E-state index is 12.8. The van der Waals surface area contributed by atoms with Gasteiger partial charge in [-0.15, -0.1) is 0 Å². The molecule has 128 valence electrons. The van der Waals surface area contributed by atoms with Gasteiger partial charge in [0.2, 0.25) is 5.91 Å². The van der Waals surface area contributed by atoms with Crippen LogP contribution >= 0.6 is 0 Å². The number of nitrogens with zero attached hydrogens (tertiary/aromatic N) is 3. The molecule has 1 atom stereocenters. The fourth-order valence-electron chi connectivity index (χ4n) is 4.35. The third-order valence-electron chi connectivity index (χ3n) is 6.13. The number of carbonyl (C=O) groups excluding carboxylic acids is 1. The Bertz CT molecular complexity index is 901. The highest BCUT2D eigenvalue weighted by atomic mass is 16.2. The zero-order valence-corrected chi connectivity index (χ0v) is 14.0. The van der Waals surface area contributed by atoms with Crippen molar-refractivity contribution < 1.29 is 4.79 Å². The van der Waals surface area contributed by atoms with Gasteiger partial charge in [-0.25, -0.2) is 4.98 Å². The quantitative estimate of drug-likeness (QED) is 0.908. The first kappa shape index (κ1) is 14.8. The Kier molecular flexibility index (Phi) is 3.11. The highest BCUT2D eigenvalue weighted by Gasteiger charge is 2.61. The molecule has 25 heavy (non-hydrogen) atoms. The molecule has 6 heteroatoms. The summed E-state index contributed by atoms with van der Waals surface area (Å²) >= 11 is 0. The van der Waals surface area contributed by atoms with Crippen LogP contribution in [0.1, 0.15) is 36.9 Å². The predicted molar refractivity (Wildman–Crippen MR) is 91.6 cm³/mol. The van der Waals surface area contributed by atoms with Gasteiger partial charge in [0.1, 0.15) is 5.69 Å². The topological polar surface area (TPSA) is 79.0 Å². The molecule has 0 radical (unpaired) electrons. The summed E-state index contributed by atoms with van der Waals surface area (Å²) in [5, 5.41) is 0. The van der Waals surface area contributed by atoms with Gasteiger partial charge in [-0.1, -0.05) is 12.5 Å². The zero-order chi connectivity index (χ0) is 17.0. The predicted octanol–water partition coefficient (Wildman–Crippen LogP) is 1.91. The largest absolute Gasteiger partial charge is 0.336 e. The van der Waals surface area contributed by atoms with Gasteiger partial charge in [0.15, 0.2) is 5.82 Å². The molecule has 3 aliphatic rings. The van der Waals surface area contributed by atoms with Crippen molar-refractivity contribution in [3.8, 4) is 11.5 Å². The van der Waals surface area contributed by atoms with Gasteiger partial charge in [-0.05, 0) is 43.2 Å². The maximum Gasteiger partial charge on any atom is 0.254 e. The van der Waals surface area contributed by atoms with Crippen molar-refractivity contribution in [3.05, 3.63) is 46.0 Å². The summed E-state index contributed by atoms with van der Waals surface area (Å²) in [6.07, 6.45) is 6.97. The Morgan fingerprint density at radius 2 is 2.20 bits per heavy atom. The van der Waals surface area contributed by atoms with Crippen molar-refractivity contribution in [3.63, 3.8) is 0 Å². The number of rotatable bonds is 2. The molecule has 3 heterocycles. The van der Waals surface area contributed by atoms with E-state index in [1.165, 1.54) is 19.3 Å². The summed E-state index contributed by atoms with van der Waals surface area (Å²) in [6.45, 7) is 1.05. The molecule has 2 aromatic heterocycles. The Labute approximate surface area is 145 Å². The van der Waals surface area contributed by atoms with E-state index in [-0.39, 0.29) is 17.4 Å². The lowest BCUT2D eigenvalue weighted by atomic mass is 9.79.